The van der Waals surface area contributed by atoms with Crippen LogP contribution in [0.2, 0.25) is 10.0 Å². The maximum absolute atomic E-state index is 13.6. The van der Waals surface area contributed by atoms with Gasteiger partial charge in [-0.1, -0.05) is 46.1 Å². The van der Waals surface area contributed by atoms with Gasteiger partial charge in [0.2, 0.25) is 0 Å². The van der Waals surface area contributed by atoms with E-state index < -0.39 is 11.9 Å². The number of rotatable bonds is 6. The normalized spacial score (nSPS) is 10.5. The average Bonchev–Trinajstić information content (AvgIpc) is 3.07. The zero-order valence-corrected chi connectivity index (χ0v) is 21.4. The predicted molar refractivity (Wildman–Crippen MR) is 129 cm³/mol. The summed E-state index contributed by atoms with van der Waals surface area (Å²) in [5.74, 6) is -1.43. The number of amides is 1. The second kappa shape index (κ2) is 10.8. The van der Waals surface area contributed by atoms with Crippen molar-refractivity contribution in [1.29, 1.82) is 0 Å². The molecule has 0 unspecified atom stereocenters. The molecular formula is C19H15Br2Cl3N4O3. The van der Waals surface area contributed by atoms with E-state index >= 15 is 0 Å². The van der Waals surface area contributed by atoms with Gasteiger partial charge in [0.05, 0.1) is 21.3 Å². The van der Waals surface area contributed by atoms with Gasteiger partial charge in [0.25, 0.3) is 5.91 Å². The standard InChI is InChI=1S/C19H14Br2Cl2N4O3.ClH/c1-2-6-26(16-11(19(29)30)7-10(20)8-13(16)23)18(28)14-9-15(21)25-27(14)17-12(22)4-3-5-24-17;/h3-5,7-9H,2,6H2,1H3,(H,29,30);1H. The molecule has 1 N–H and O–H groups in total. The predicted octanol–water partition coefficient (Wildman–Crippen LogP) is 6.28. The number of carbonyl (C=O) groups is 2. The van der Waals surface area contributed by atoms with Crippen molar-refractivity contribution >= 4 is 85.0 Å². The summed E-state index contributed by atoms with van der Waals surface area (Å²) >= 11 is 19.1. The molecule has 12 heteroatoms. The van der Waals surface area contributed by atoms with Crippen molar-refractivity contribution in [3.63, 3.8) is 0 Å². The number of carboxylic acids is 1. The minimum Gasteiger partial charge on any atom is -0.478 e. The first-order valence-electron chi connectivity index (χ1n) is 8.65. The van der Waals surface area contributed by atoms with E-state index in [1.807, 2.05) is 6.92 Å². The molecule has 0 aliphatic carbocycles. The van der Waals surface area contributed by atoms with E-state index in [0.717, 1.165) is 0 Å². The third kappa shape index (κ3) is 5.40. The highest BCUT2D eigenvalue weighted by Gasteiger charge is 2.29. The lowest BCUT2D eigenvalue weighted by atomic mass is 10.1. The molecule has 2 heterocycles. The minimum atomic E-state index is -1.20. The van der Waals surface area contributed by atoms with Crippen LogP contribution in [0.15, 0.2) is 45.6 Å². The summed E-state index contributed by atoms with van der Waals surface area (Å²) in [6, 6.07) is 7.76. The first-order valence-corrected chi connectivity index (χ1v) is 11.0. The molecule has 0 saturated heterocycles. The summed E-state index contributed by atoms with van der Waals surface area (Å²) < 4.78 is 2.19. The number of aromatic nitrogens is 3. The zero-order chi connectivity index (χ0) is 22.0. The molecule has 0 bridgehead atoms. The number of hydrogen-bond donors (Lipinski definition) is 1. The fourth-order valence-corrected chi connectivity index (χ4v) is 4.37. The monoisotopic (exact) mass is 610 g/mol. The summed E-state index contributed by atoms with van der Waals surface area (Å²) in [6.45, 7) is 2.11. The molecule has 0 spiro atoms. The van der Waals surface area contributed by atoms with Crippen LogP contribution < -0.4 is 4.90 Å². The molecule has 0 radical (unpaired) electrons. The van der Waals surface area contributed by atoms with Crippen LogP contribution in [0.3, 0.4) is 0 Å². The Bertz CT molecular complexity index is 1140. The Morgan fingerprint density at radius 1 is 1.19 bits per heavy atom. The van der Waals surface area contributed by atoms with Gasteiger partial charge < -0.3 is 10.0 Å². The van der Waals surface area contributed by atoms with Crippen molar-refractivity contribution in [2.45, 2.75) is 13.3 Å². The second-order valence-electron chi connectivity index (χ2n) is 6.12. The number of halogens is 5. The molecular weight excluding hydrogens is 598 g/mol. The van der Waals surface area contributed by atoms with E-state index in [-0.39, 0.29) is 46.7 Å². The van der Waals surface area contributed by atoms with Gasteiger partial charge in [-0.2, -0.15) is 5.10 Å². The Morgan fingerprint density at radius 2 is 1.90 bits per heavy atom. The summed E-state index contributed by atoms with van der Waals surface area (Å²) in [4.78, 5) is 31.0. The molecule has 3 rings (SSSR count). The Balaban J connectivity index is 0.00000341. The van der Waals surface area contributed by atoms with E-state index in [4.69, 9.17) is 23.2 Å². The fraction of sp³-hybridized carbons (Fsp3) is 0.158. The van der Waals surface area contributed by atoms with E-state index in [0.29, 0.717) is 20.5 Å². The van der Waals surface area contributed by atoms with Crippen LogP contribution in [0, 0.1) is 0 Å². The summed E-state index contributed by atoms with van der Waals surface area (Å²) in [5, 5.41) is 14.4. The van der Waals surface area contributed by atoms with E-state index in [9.17, 15) is 14.7 Å². The topological polar surface area (TPSA) is 88.3 Å². The quantitative estimate of drug-likeness (QED) is 0.354. The lowest BCUT2D eigenvalue weighted by molar-refractivity contribution is 0.0697. The van der Waals surface area contributed by atoms with Crippen LogP contribution in [0.1, 0.15) is 34.2 Å². The molecule has 2 aromatic heterocycles. The van der Waals surface area contributed by atoms with Gasteiger partial charge >= 0.3 is 5.97 Å². The molecule has 7 nitrogen and oxygen atoms in total. The second-order valence-corrected chi connectivity index (χ2v) is 8.66. The number of anilines is 1. The maximum atomic E-state index is 13.6. The van der Waals surface area contributed by atoms with E-state index in [2.05, 4.69) is 41.9 Å². The summed E-state index contributed by atoms with van der Waals surface area (Å²) in [5.41, 5.74) is 0.152. The van der Waals surface area contributed by atoms with Crippen molar-refractivity contribution in [2.75, 3.05) is 11.4 Å². The highest BCUT2D eigenvalue weighted by atomic mass is 79.9. The van der Waals surface area contributed by atoms with Crippen LogP contribution in [0.4, 0.5) is 5.69 Å². The van der Waals surface area contributed by atoms with Crippen molar-refractivity contribution in [2.24, 2.45) is 0 Å². The van der Waals surface area contributed by atoms with Gasteiger partial charge in [-0.3, -0.25) is 4.79 Å². The summed E-state index contributed by atoms with van der Waals surface area (Å²) in [6.07, 6.45) is 2.10. The zero-order valence-electron chi connectivity index (χ0n) is 15.9. The van der Waals surface area contributed by atoms with Gasteiger partial charge in [-0.05, 0) is 46.6 Å². The Morgan fingerprint density at radius 3 is 2.52 bits per heavy atom. The molecule has 31 heavy (non-hydrogen) atoms. The molecule has 0 aliphatic heterocycles. The van der Waals surface area contributed by atoms with Crippen molar-refractivity contribution in [3.05, 3.63) is 66.9 Å². The minimum absolute atomic E-state index is 0. The Kier molecular flexibility index (Phi) is 8.91. The molecule has 1 aromatic carbocycles. The highest BCUT2D eigenvalue weighted by Crippen LogP contribution is 2.35. The first kappa shape index (κ1) is 25.6. The van der Waals surface area contributed by atoms with Crippen LogP contribution >= 0.6 is 67.5 Å². The number of pyridine rings is 1. The average molecular weight is 614 g/mol. The van der Waals surface area contributed by atoms with E-state index in [1.165, 1.54) is 27.9 Å². The van der Waals surface area contributed by atoms with Gasteiger partial charge in [-0.15, -0.1) is 12.4 Å². The summed E-state index contributed by atoms with van der Waals surface area (Å²) in [7, 11) is 0. The number of carboxylic acid groups (broad SMARTS) is 1. The van der Waals surface area contributed by atoms with Gasteiger partial charge in [-0.25, -0.2) is 14.5 Å². The lowest BCUT2D eigenvalue weighted by Gasteiger charge is -2.25. The number of nitrogens with zero attached hydrogens (tertiary/aromatic N) is 4. The third-order valence-electron chi connectivity index (χ3n) is 4.06. The molecule has 0 fully saturated rings. The smallest absolute Gasteiger partial charge is 0.337 e. The van der Waals surface area contributed by atoms with Crippen LogP contribution in [0.5, 0.6) is 0 Å². The van der Waals surface area contributed by atoms with Crippen molar-refractivity contribution in [3.8, 4) is 5.82 Å². The van der Waals surface area contributed by atoms with Gasteiger partial charge in [0.1, 0.15) is 10.3 Å². The lowest BCUT2D eigenvalue weighted by Crippen LogP contribution is -2.35. The van der Waals surface area contributed by atoms with Gasteiger partial charge in [0.15, 0.2) is 5.82 Å². The number of carbonyl (C=O) groups excluding carboxylic acids is 1. The molecule has 3 aromatic rings. The van der Waals surface area contributed by atoms with E-state index in [1.54, 1.807) is 18.2 Å². The van der Waals surface area contributed by atoms with Crippen LogP contribution in [-0.4, -0.2) is 38.3 Å². The van der Waals surface area contributed by atoms with Crippen LogP contribution in [0.25, 0.3) is 5.82 Å². The molecule has 164 valence electrons. The maximum Gasteiger partial charge on any atom is 0.337 e. The Hall–Kier alpha value is -1.65. The Labute approximate surface area is 211 Å². The number of hydrogen-bond acceptors (Lipinski definition) is 4. The van der Waals surface area contributed by atoms with Crippen molar-refractivity contribution in [1.82, 2.24) is 14.8 Å². The third-order valence-corrected chi connectivity index (χ3v) is 5.49. The van der Waals surface area contributed by atoms with Gasteiger partial charge in [0, 0.05) is 23.3 Å². The van der Waals surface area contributed by atoms with Crippen molar-refractivity contribution < 1.29 is 14.7 Å². The fourth-order valence-electron chi connectivity index (χ4n) is 2.88. The SMILES string of the molecule is CCCN(C(=O)c1cc(Br)nn1-c1ncccc1Cl)c1c(Cl)cc(Br)cc1C(=O)O.Cl. The molecule has 0 saturated carbocycles. The molecule has 0 atom stereocenters. The molecule has 0 aliphatic rings. The number of aromatic carboxylic acids is 1. The molecule has 1 amide bonds. The largest absolute Gasteiger partial charge is 0.478 e. The number of benzene rings is 1. The van der Waals surface area contributed by atoms with Crippen LogP contribution in [-0.2, 0) is 0 Å². The first-order chi connectivity index (χ1) is 14.2. The highest BCUT2D eigenvalue weighted by molar-refractivity contribution is 9.10.